The van der Waals surface area contributed by atoms with E-state index in [1.54, 1.807) is 33.8 Å². The maximum Gasteiger partial charge on any atom is 0.407 e. The summed E-state index contributed by atoms with van der Waals surface area (Å²) in [5, 5.41) is 22.4. The van der Waals surface area contributed by atoms with E-state index in [-0.39, 0.29) is 18.5 Å². The van der Waals surface area contributed by atoms with Gasteiger partial charge in [-0.1, -0.05) is 17.7 Å². The number of nitrogens with one attached hydrogen (secondary N) is 1. The molecule has 1 rings (SSSR count). The summed E-state index contributed by atoms with van der Waals surface area (Å²) < 4.78 is 18.7. The average molecular weight is 313 g/mol. The van der Waals surface area contributed by atoms with Crippen LogP contribution >= 0.6 is 0 Å². The second-order valence-electron chi connectivity index (χ2n) is 6.25. The van der Waals surface area contributed by atoms with Gasteiger partial charge in [-0.15, -0.1) is 0 Å². The molecule has 0 spiro atoms. The number of carbonyl (C=O) groups is 1. The number of rotatable bonds is 5. The Kier molecular flexibility index (Phi) is 6.32. The zero-order valence-corrected chi connectivity index (χ0v) is 13.4. The molecule has 0 radical (unpaired) electrons. The van der Waals surface area contributed by atoms with Crippen LogP contribution in [0.5, 0.6) is 0 Å². The third-order valence-corrected chi connectivity index (χ3v) is 2.94. The van der Waals surface area contributed by atoms with Crippen molar-refractivity contribution in [3.05, 3.63) is 35.1 Å². The van der Waals surface area contributed by atoms with Gasteiger partial charge in [0.2, 0.25) is 0 Å². The molecule has 0 saturated heterocycles. The summed E-state index contributed by atoms with van der Waals surface area (Å²) in [7, 11) is 0. The summed E-state index contributed by atoms with van der Waals surface area (Å²) in [5.41, 5.74) is 0.228. The second kappa shape index (κ2) is 7.56. The highest BCUT2D eigenvalue weighted by molar-refractivity contribution is 5.67. The largest absolute Gasteiger partial charge is 0.444 e. The predicted molar refractivity (Wildman–Crippen MR) is 81.0 cm³/mol. The van der Waals surface area contributed by atoms with E-state index in [0.29, 0.717) is 0 Å². The van der Waals surface area contributed by atoms with E-state index < -0.39 is 29.7 Å². The number of hydrogen-bond donors (Lipinski definition) is 3. The smallest absolute Gasteiger partial charge is 0.407 e. The van der Waals surface area contributed by atoms with E-state index in [4.69, 9.17) is 4.74 Å². The molecule has 0 aliphatic rings. The van der Waals surface area contributed by atoms with Crippen molar-refractivity contribution in [1.82, 2.24) is 5.32 Å². The Balaban J connectivity index is 2.50. The summed E-state index contributed by atoms with van der Waals surface area (Å²) in [6, 6.07) is 4.33. The number of halogens is 1. The van der Waals surface area contributed by atoms with Crippen molar-refractivity contribution < 1.29 is 24.1 Å². The number of carbonyl (C=O) groups excluding carboxylic acids is 1. The molecule has 1 aromatic carbocycles. The number of alkyl carbamates (subject to hydrolysis) is 1. The molecule has 2 atom stereocenters. The van der Waals surface area contributed by atoms with Crippen molar-refractivity contribution in [2.75, 3.05) is 6.54 Å². The first kappa shape index (κ1) is 18.4. The molecule has 3 N–H and O–H groups in total. The molecule has 0 saturated carbocycles. The van der Waals surface area contributed by atoms with Crippen molar-refractivity contribution in [2.24, 2.45) is 0 Å². The lowest BCUT2D eigenvalue weighted by Gasteiger charge is -2.21. The predicted octanol–water partition coefficient (Wildman–Crippen LogP) is 2.44. The highest BCUT2D eigenvalue weighted by Crippen LogP contribution is 2.22. The van der Waals surface area contributed by atoms with Gasteiger partial charge in [0.25, 0.3) is 0 Å². The summed E-state index contributed by atoms with van der Waals surface area (Å²) >= 11 is 0. The monoisotopic (exact) mass is 313 g/mol. The van der Waals surface area contributed by atoms with Crippen LogP contribution < -0.4 is 5.32 Å². The number of aryl methyl sites for hydroxylation is 1. The molecule has 124 valence electrons. The first-order chi connectivity index (χ1) is 10.1. The molecule has 1 aromatic rings. The summed E-state index contributed by atoms with van der Waals surface area (Å²) in [5.74, 6) is -0.572. The minimum atomic E-state index is -1.35. The molecule has 2 unspecified atom stereocenters. The normalized spacial score (nSPS) is 14.3. The molecular formula is C16H24FNO4. The molecule has 0 heterocycles. The van der Waals surface area contributed by atoms with Crippen LogP contribution in [0.2, 0.25) is 0 Å². The topological polar surface area (TPSA) is 78.8 Å². The fraction of sp³-hybridized carbons (Fsp3) is 0.562. The maximum atomic E-state index is 13.7. The second-order valence-corrected chi connectivity index (χ2v) is 6.25. The Bertz CT molecular complexity index is 513. The summed E-state index contributed by atoms with van der Waals surface area (Å²) in [6.07, 6.45) is -3.06. The van der Waals surface area contributed by atoms with Crippen molar-refractivity contribution in [2.45, 2.75) is 51.9 Å². The lowest BCUT2D eigenvalue weighted by atomic mass is 10.00. The Hall–Kier alpha value is -1.66. The number of ether oxygens (including phenoxy) is 1. The molecular weight excluding hydrogens is 289 g/mol. The molecule has 5 nitrogen and oxygen atoms in total. The molecule has 0 aliphatic carbocycles. The molecule has 0 aromatic heterocycles. The Labute approximate surface area is 130 Å². The van der Waals surface area contributed by atoms with Crippen LogP contribution in [0, 0.1) is 12.7 Å². The maximum absolute atomic E-state index is 13.7. The van der Waals surface area contributed by atoms with Gasteiger partial charge in [0.05, 0.1) is 6.10 Å². The van der Waals surface area contributed by atoms with E-state index >= 15 is 0 Å². The van der Waals surface area contributed by atoms with Crippen LogP contribution in [0.4, 0.5) is 9.18 Å². The highest BCUT2D eigenvalue weighted by atomic mass is 19.1. The van der Waals surface area contributed by atoms with Gasteiger partial charge >= 0.3 is 6.09 Å². The standard InChI is InChI=1S/C16H24FNO4/c1-10-5-6-12(17)11(9-10)14(20)13(19)7-8-18-15(21)22-16(2,3)4/h5-6,9,13-14,19-20H,7-8H2,1-4H3,(H,18,21). The zero-order valence-electron chi connectivity index (χ0n) is 13.4. The third-order valence-electron chi connectivity index (χ3n) is 2.94. The minimum absolute atomic E-state index is 0.0461. The quantitative estimate of drug-likeness (QED) is 0.780. The van der Waals surface area contributed by atoms with Crippen LogP contribution in [-0.2, 0) is 4.74 Å². The van der Waals surface area contributed by atoms with Crippen molar-refractivity contribution >= 4 is 6.09 Å². The van der Waals surface area contributed by atoms with Gasteiger partial charge in [-0.05, 0) is 40.2 Å². The van der Waals surface area contributed by atoms with E-state index in [2.05, 4.69) is 5.32 Å². The van der Waals surface area contributed by atoms with Gasteiger partial charge in [0.1, 0.15) is 17.5 Å². The van der Waals surface area contributed by atoms with Crippen LogP contribution in [-0.4, -0.2) is 34.6 Å². The average Bonchev–Trinajstić information content (AvgIpc) is 2.38. The van der Waals surface area contributed by atoms with Crippen LogP contribution in [0.15, 0.2) is 18.2 Å². The van der Waals surface area contributed by atoms with Crippen LogP contribution in [0.1, 0.15) is 44.4 Å². The molecule has 22 heavy (non-hydrogen) atoms. The van der Waals surface area contributed by atoms with Gasteiger partial charge in [0.15, 0.2) is 0 Å². The first-order valence-electron chi connectivity index (χ1n) is 7.19. The molecule has 0 fully saturated rings. The Morgan fingerprint density at radius 2 is 2.00 bits per heavy atom. The van der Waals surface area contributed by atoms with E-state index in [0.717, 1.165) is 5.56 Å². The fourth-order valence-electron chi connectivity index (χ4n) is 1.89. The SMILES string of the molecule is Cc1ccc(F)c(C(O)C(O)CCNC(=O)OC(C)(C)C)c1. The number of benzene rings is 1. The minimum Gasteiger partial charge on any atom is -0.444 e. The number of aliphatic hydroxyl groups is 2. The lowest BCUT2D eigenvalue weighted by Crippen LogP contribution is -2.34. The van der Waals surface area contributed by atoms with Gasteiger partial charge in [0, 0.05) is 12.1 Å². The fourth-order valence-corrected chi connectivity index (χ4v) is 1.89. The van der Waals surface area contributed by atoms with Crippen molar-refractivity contribution in [3.63, 3.8) is 0 Å². The number of amides is 1. The highest BCUT2D eigenvalue weighted by Gasteiger charge is 2.22. The lowest BCUT2D eigenvalue weighted by molar-refractivity contribution is 0.0103. The Morgan fingerprint density at radius 3 is 2.59 bits per heavy atom. The summed E-state index contributed by atoms with van der Waals surface area (Å²) in [4.78, 5) is 11.4. The van der Waals surface area contributed by atoms with Crippen LogP contribution in [0.3, 0.4) is 0 Å². The van der Waals surface area contributed by atoms with E-state index in [9.17, 15) is 19.4 Å². The number of aliphatic hydroxyl groups excluding tert-OH is 2. The van der Waals surface area contributed by atoms with Gasteiger partial charge < -0.3 is 20.3 Å². The van der Waals surface area contributed by atoms with Crippen molar-refractivity contribution in [1.29, 1.82) is 0 Å². The Morgan fingerprint density at radius 1 is 1.36 bits per heavy atom. The van der Waals surface area contributed by atoms with E-state index in [1.165, 1.54) is 12.1 Å². The van der Waals surface area contributed by atoms with Crippen molar-refractivity contribution in [3.8, 4) is 0 Å². The third kappa shape index (κ3) is 5.99. The van der Waals surface area contributed by atoms with Gasteiger partial charge in [-0.25, -0.2) is 9.18 Å². The molecule has 6 heteroatoms. The van der Waals surface area contributed by atoms with Gasteiger partial charge in [-0.2, -0.15) is 0 Å². The van der Waals surface area contributed by atoms with Crippen LogP contribution in [0.25, 0.3) is 0 Å². The summed E-state index contributed by atoms with van der Waals surface area (Å²) in [6.45, 7) is 7.11. The molecule has 1 amide bonds. The zero-order chi connectivity index (χ0) is 16.9. The molecule has 0 aliphatic heterocycles. The van der Waals surface area contributed by atoms with Gasteiger partial charge in [-0.3, -0.25) is 0 Å². The van der Waals surface area contributed by atoms with E-state index in [1.807, 2.05) is 0 Å². The number of hydrogen-bond acceptors (Lipinski definition) is 4. The molecule has 0 bridgehead atoms. The first-order valence-corrected chi connectivity index (χ1v) is 7.19.